The maximum absolute atomic E-state index is 13.6. The normalized spacial score (nSPS) is 17.3. The zero-order valence-corrected chi connectivity index (χ0v) is 12.9. The van der Waals surface area contributed by atoms with Crippen molar-refractivity contribution in [1.29, 1.82) is 0 Å². The standard InChI is InChI=1S/C16H24FN3O/c1-18(2)7-8-19-9-11-20(12-10-19)13-16(21)14-5-3-4-6-15(14)17/h3-6H,7-13H2,1-2H3. The van der Waals surface area contributed by atoms with Crippen molar-refractivity contribution < 1.29 is 9.18 Å². The van der Waals surface area contributed by atoms with Crippen molar-refractivity contribution >= 4 is 5.78 Å². The number of rotatable bonds is 6. The van der Waals surface area contributed by atoms with Gasteiger partial charge in [-0.2, -0.15) is 0 Å². The molecule has 0 N–H and O–H groups in total. The summed E-state index contributed by atoms with van der Waals surface area (Å²) in [5.74, 6) is -0.554. The van der Waals surface area contributed by atoms with Gasteiger partial charge in [0.15, 0.2) is 5.78 Å². The first-order chi connectivity index (χ1) is 10.1. The molecule has 1 aliphatic rings. The summed E-state index contributed by atoms with van der Waals surface area (Å²) in [5, 5.41) is 0. The molecule has 1 aromatic rings. The number of ketones is 1. The zero-order chi connectivity index (χ0) is 15.2. The summed E-state index contributed by atoms with van der Waals surface area (Å²) in [5.41, 5.74) is 0.201. The molecular weight excluding hydrogens is 269 g/mol. The Bertz CT molecular complexity index is 470. The number of hydrogen-bond donors (Lipinski definition) is 0. The molecule has 4 nitrogen and oxygen atoms in total. The average Bonchev–Trinajstić information content (AvgIpc) is 2.47. The molecular formula is C16H24FN3O. The van der Waals surface area contributed by atoms with Crippen LogP contribution in [0.2, 0.25) is 0 Å². The van der Waals surface area contributed by atoms with Crippen LogP contribution in [0.4, 0.5) is 4.39 Å². The van der Waals surface area contributed by atoms with Crippen LogP contribution in [0, 0.1) is 5.82 Å². The molecule has 1 fully saturated rings. The van der Waals surface area contributed by atoms with Crippen molar-refractivity contribution in [3.8, 4) is 0 Å². The van der Waals surface area contributed by atoms with E-state index in [4.69, 9.17) is 0 Å². The van der Waals surface area contributed by atoms with Crippen LogP contribution < -0.4 is 0 Å². The van der Waals surface area contributed by atoms with Crippen LogP contribution in [0.3, 0.4) is 0 Å². The molecule has 21 heavy (non-hydrogen) atoms. The lowest BCUT2D eigenvalue weighted by molar-refractivity contribution is 0.0841. The number of carbonyl (C=O) groups excluding carboxylic acids is 1. The van der Waals surface area contributed by atoms with Gasteiger partial charge in [-0.1, -0.05) is 12.1 Å². The van der Waals surface area contributed by atoms with Gasteiger partial charge in [0.25, 0.3) is 0 Å². The number of halogens is 1. The summed E-state index contributed by atoms with van der Waals surface area (Å²) in [7, 11) is 4.15. The van der Waals surface area contributed by atoms with Gasteiger partial charge in [-0.3, -0.25) is 14.6 Å². The van der Waals surface area contributed by atoms with Crippen molar-refractivity contribution in [3.05, 3.63) is 35.6 Å². The molecule has 0 radical (unpaired) electrons. The third-order valence-corrected chi connectivity index (χ3v) is 3.87. The largest absolute Gasteiger partial charge is 0.308 e. The highest BCUT2D eigenvalue weighted by atomic mass is 19.1. The lowest BCUT2D eigenvalue weighted by Gasteiger charge is -2.34. The fourth-order valence-electron chi connectivity index (χ4n) is 2.49. The smallest absolute Gasteiger partial charge is 0.179 e. The summed E-state index contributed by atoms with van der Waals surface area (Å²) in [6, 6.07) is 6.21. The van der Waals surface area contributed by atoms with Crippen molar-refractivity contribution in [2.75, 3.05) is 59.9 Å². The first-order valence-electron chi connectivity index (χ1n) is 7.43. The van der Waals surface area contributed by atoms with Crippen LogP contribution in [0.25, 0.3) is 0 Å². The van der Waals surface area contributed by atoms with E-state index < -0.39 is 5.82 Å². The predicted molar refractivity (Wildman–Crippen MR) is 82.2 cm³/mol. The number of nitrogens with zero attached hydrogens (tertiary/aromatic N) is 3. The van der Waals surface area contributed by atoms with Gasteiger partial charge in [-0.15, -0.1) is 0 Å². The van der Waals surface area contributed by atoms with Gasteiger partial charge < -0.3 is 4.90 Å². The fraction of sp³-hybridized carbons (Fsp3) is 0.562. The molecule has 0 saturated carbocycles. The highest BCUT2D eigenvalue weighted by Gasteiger charge is 2.20. The number of hydrogen-bond acceptors (Lipinski definition) is 4. The second-order valence-corrected chi connectivity index (χ2v) is 5.82. The Kier molecular flexibility index (Phi) is 5.85. The van der Waals surface area contributed by atoms with Crippen LogP contribution in [-0.2, 0) is 0 Å². The van der Waals surface area contributed by atoms with E-state index in [0.29, 0.717) is 6.54 Å². The van der Waals surface area contributed by atoms with Crippen molar-refractivity contribution in [3.63, 3.8) is 0 Å². The lowest BCUT2D eigenvalue weighted by Crippen LogP contribution is -2.49. The minimum atomic E-state index is -0.424. The molecule has 1 heterocycles. The molecule has 0 bridgehead atoms. The van der Waals surface area contributed by atoms with Crippen LogP contribution in [0.5, 0.6) is 0 Å². The molecule has 0 amide bonds. The minimum Gasteiger partial charge on any atom is -0.308 e. The van der Waals surface area contributed by atoms with Crippen LogP contribution >= 0.6 is 0 Å². The fourth-order valence-corrected chi connectivity index (χ4v) is 2.49. The van der Waals surface area contributed by atoms with Gasteiger partial charge in [0.2, 0.25) is 0 Å². The third kappa shape index (κ3) is 4.88. The third-order valence-electron chi connectivity index (χ3n) is 3.87. The highest BCUT2D eigenvalue weighted by molar-refractivity contribution is 5.97. The number of likely N-dealkylation sites (N-methyl/N-ethyl adjacent to an activating group) is 1. The van der Waals surface area contributed by atoms with Gasteiger partial charge >= 0.3 is 0 Å². The molecule has 5 heteroatoms. The zero-order valence-electron chi connectivity index (χ0n) is 12.9. The molecule has 1 aromatic carbocycles. The Morgan fingerprint density at radius 3 is 2.38 bits per heavy atom. The first kappa shape index (κ1) is 16.1. The van der Waals surface area contributed by atoms with Crippen LogP contribution in [0.1, 0.15) is 10.4 Å². The Morgan fingerprint density at radius 2 is 1.76 bits per heavy atom. The van der Waals surface area contributed by atoms with E-state index >= 15 is 0 Å². The molecule has 0 aromatic heterocycles. The molecule has 0 atom stereocenters. The van der Waals surface area contributed by atoms with Gasteiger partial charge in [0, 0.05) is 39.3 Å². The van der Waals surface area contributed by atoms with E-state index in [-0.39, 0.29) is 11.3 Å². The molecule has 0 aliphatic carbocycles. The van der Waals surface area contributed by atoms with E-state index in [0.717, 1.165) is 39.3 Å². The summed E-state index contributed by atoms with van der Waals surface area (Å²) in [6.07, 6.45) is 0. The topological polar surface area (TPSA) is 26.8 Å². The quantitative estimate of drug-likeness (QED) is 0.736. The minimum absolute atomic E-state index is 0.130. The summed E-state index contributed by atoms with van der Waals surface area (Å²) < 4.78 is 13.6. The Morgan fingerprint density at radius 1 is 1.14 bits per heavy atom. The van der Waals surface area contributed by atoms with Crippen LogP contribution in [-0.4, -0.2) is 80.4 Å². The summed E-state index contributed by atoms with van der Waals surface area (Å²) >= 11 is 0. The second kappa shape index (κ2) is 7.64. The molecule has 2 rings (SSSR count). The van der Waals surface area contributed by atoms with Crippen molar-refractivity contribution in [2.24, 2.45) is 0 Å². The first-order valence-corrected chi connectivity index (χ1v) is 7.43. The number of Topliss-reactive ketones (excluding diaryl/α,β-unsaturated/α-hetero) is 1. The SMILES string of the molecule is CN(C)CCN1CCN(CC(=O)c2ccccc2F)CC1. The summed E-state index contributed by atoms with van der Waals surface area (Å²) in [4.78, 5) is 18.8. The Hall–Kier alpha value is -1.30. The molecule has 0 unspecified atom stereocenters. The number of carbonyl (C=O) groups is 1. The monoisotopic (exact) mass is 293 g/mol. The van der Waals surface area contributed by atoms with E-state index in [1.807, 2.05) is 0 Å². The average molecular weight is 293 g/mol. The molecule has 1 saturated heterocycles. The Labute approximate surface area is 126 Å². The van der Waals surface area contributed by atoms with Gasteiger partial charge in [-0.25, -0.2) is 4.39 Å². The van der Waals surface area contributed by atoms with Gasteiger partial charge in [0.1, 0.15) is 5.82 Å². The van der Waals surface area contributed by atoms with Gasteiger partial charge in [-0.05, 0) is 26.2 Å². The maximum atomic E-state index is 13.6. The van der Waals surface area contributed by atoms with E-state index in [2.05, 4.69) is 28.8 Å². The second-order valence-electron chi connectivity index (χ2n) is 5.82. The highest BCUT2D eigenvalue weighted by Crippen LogP contribution is 2.09. The van der Waals surface area contributed by atoms with E-state index in [9.17, 15) is 9.18 Å². The predicted octanol–water partition coefficient (Wildman–Crippen LogP) is 1.19. The lowest BCUT2D eigenvalue weighted by atomic mass is 10.1. The Balaban J connectivity index is 1.78. The summed E-state index contributed by atoms with van der Waals surface area (Å²) in [6.45, 7) is 6.09. The van der Waals surface area contributed by atoms with E-state index in [1.165, 1.54) is 6.07 Å². The number of benzene rings is 1. The number of piperazine rings is 1. The molecule has 1 aliphatic heterocycles. The van der Waals surface area contributed by atoms with Crippen molar-refractivity contribution in [1.82, 2.24) is 14.7 Å². The van der Waals surface area contributed by atoms with Gasteiger partial charge in [0.05, 0.1) is 12.1 Å². The van der Waals surface area contributed by atoms with E-state index in [1.54, 1.807) is 18.2 Å². The molecule has 0 spiro atoms. The van der Waals surface area contributed by atoms with Crippen molar-refractivity contribution in [2.45, 2.75) is 0 Å². The maximum Gasteiger partial charge on any atom is 0.179 e. The molecule has 116 valence electrons. The van der Waals surface area contributed by atoms with Crippen LogP contribution in [0.15, 0.2) is 24.3 Å².